The van der Waals surface area contributed by atoms with Gasteiger partial charge in [0.1, 0.15) is 0 Å². The molecule has 0 bridgehead atoms. The lowest BCUT2D eigenvalue weighted by Crippen LogP contribution is -2.27. The van der Waals surface area contributed by atoms with E-state index in [1.54, 1.807) is 12.4 Å². The molecule has 2 amide bonds. The summed E-state index contributed by atoms with van der Waals surface area (Å²) < 4.78 is 0. The van der Waals surface area contributed by atoms with Crippen LogP contribution in [-0.4, -0.2) is 30.4 Å². The van der Waals surface area contributed by atoms with E-state index in [1.165, 1.54) is 0 Å². The van der Waals surface area contributed by atoms with Crippen LogP contribution in [0.3, 0.4) is 0 Å². The molecule has 0 radical (unpaired) electrons. The second-order valence-electron chi connectivity index (χ2n) is 3.64. The first kappa shape index (κ1) is 13.2. The molecule has 92 valence electrons. The fraction of sp³-hybridized carbons (Fsp3) is 0.417. The van der Waals surface area contributed by atoms with E-state index in [9.17, 15) is 9.59 Å². The summed E-state index contributed by atoms with van der Waals surface area (Å²) in [6, 6.07) is 3.81. The van der Waals surface area contributed by atoms with Gasteiger partial charge in [0, 0.05) is 31.9 Å². The van der Waals surface area contributed by atoms with Gasteiger partial charge in [0.15, 0.2) is 0 Å². The Bertz CT molecular complexity index is 341. The van der Waals surface area contributed by atoms with Crippen LogP contribution in [0.2, 0.25) is 0 Å². The molecule has 5 nitrogen and oxygen atoms in total. The standard InChI is InChI=1S/C12H17N3O2/c16-10-14-7-2-8-15-12(17)5-4-11-3-1-6-13-9-11/h1,3,6,9-10H,2,4-5,7-8H2,(H,14,16)(H,15,17). The lowest BCUT2D eigenvalue weighted by Gasteiger charge is -2.04. The van der Waals surface area contributed by atoms with Gasteiger partial charge in [-0.3, -0.25) is 14.6 Å². The molecule has 1 aromatic heterocycles. The van der Waals surface area contributed by atoms with Gasteiger partial charge in [-0.25, -0.2) is 0 Å². The number of amides is 2. The molecule has 0 fully saturated rings. The van der Waals surface area contributed by atoms with Gasteiger partial charge in [0.05, 0.1) is 0 Å². The smallest absolute Gasteiger partial charge is 0.220 e. The Kier molecular flexibility index (Phi) is 6.40. The fourth-order valence-corrected chi connectivity index (χ4v) is 1.37. The SMILES string of the molecule is O=CNCCCNC(=O)CCc1cccnc1. The van der Waals surface area contributed by atoms with Gasteiger partial charge >= 0.3 is 0 Å². The number of hydrogen-bond donors (Lipinski definition) is 2. The highest BCUT2D eigenvalue weighted by Crippen LogP contribution is 1.99. The Morgan fingerprint density at radius 2 is 2.29 bits per heavy atom. The van der Waals surface area contributed by atoms with Crippen LogP contribution in [0.25, 0.3) is 0 Å². The monoisotopic (exact) mass is 235 g/mol. The lowest BCUT2D eigenvalue weighted by molar-refractivity contribution is -0.121. The van der Waals surface area contributed by atoms with Gasteiger partial charge in [-0.15, -0.1) is 0 Å². The third-order valence-corrected chi connectivity index (χ3v) is 2.27. The minimum Gasteiger partial charge on any atom is -0.359 e. The average molecular weight is 235 g/mol. The van der Waals surface area contributed by atoms with Crippen LogP contribution in [0.5, 0.6) is 0 Å². The molecule has 0 saturated heterocycles. The Balaban J connectivity index is 2.07. The van der Waals surface area contributed by atoms with Gasteiger partial charge in [-0.1, -0.05) is 6.07 Å². The molecule has 0 aliphatic carbocycles. The van der Waals surface area contributed by atoms with Crippen molar-refractivity contribution in [2.45, 2.75) is 19.3 Å². The molecule has 1 aromatic rings. The van der Waals surface area contributed by atoms with Gasteiger partial charge in [-0.05, 0) is 24.5 Å². The first-order chi connectivity index (χ1) is 8.33. The molecular weight excluding hydrogens is 218 g/mol. The third-order valence-electron chi connectivity index (χ3n) is 2.27. The van der Waals surface area contributed by atoms with Crippen molar-refractivity contribution in [1.82, 2.24) is 15.6 Å². The largest absolute Gasteiger partial charge is 0.359 e. The minimum atomic E-state index is 0.0277. The lowest BCUT2D eigenvalue weighted by atomic mass is 10.1. The Morgan fingerprint density at radius 3 is 3.00 bits per heavy atom. The van der Waals surface area contributed by atoms with Crippen molar-refractivity contribution in [3.63, 3.8) is 0 Å². The highest BCUT2D eigenvalue weighted by atomic mass is 16.1. The first-order valence-corrected chi connectivity index (χ1v) is 5.65. The number of carbonyl (C=O) groups excluding carboxylic acids is 2. The molecular formula is C12H17N3O2. The Hall–Kier alpha value is -1.91. The zero-order valence-electron chi connectivity index (χ0n) is 9.69. The maximum absolute atomic E-state index is 11.4. The molecule has 0 unspecified atom stereocenters. The number of pyridine rings is 1. The topological polar surface area (TPSA) is 71.1 Å². The number of hydrogen-bond acceptors (Lipinski definition) is 3. The molecule has 1 rings (SSSR count). The van der Waals surface area contributed by atoms with Crippen molar-refractivity contribution in [1.29, 1.82) is 0 Å². The van der Waals surface area contributed by atoms with E-state index in [1.807, 2.05) is 12.1 Å². The summed E-state index contributed by atoms with van der Waals surface area (Å²) in [5.74, 6) is 0.0277. The molecule has 2 N–H and O–H groups in total. The fourth-order valence-electron chi connectivity index (χ4n) is 1.37. The van der Waals surface area contributed by atoms with E-state index in [2.05, 4.69) is 15.6 Å². The van der Waals surface area contributed by atoms with E-state index < -0.39 is 0 Å². The average Bonchev–Trinajstić information content (AvgIpc) is 2.37. The third kappa shape index (κ3) is 6.29. The van der Waals surface area contributed by atoms with Crippen molar-refractivity contribution in [3.8, 4) is 0 Å². The summed E-state index contributed by atoms with van der Waals surface area (Å²) in [5.41, 5.74) is 1.06. The summed E-state index contributed by atoms with van der Waals surface area (Å²) >= 11 is 0. The summed E-state index contributed by atoms with van der Waals surface area (Å²) in [5, 5.41) is 5.34. The van der Waals surface area contributed by atoms with Crippen LogP contribution in [0, 0.1) is 0 Å². The molecule has 17 heavy (non-hydrogen) atoms. The van der Waals surface area contributed by atoms with Crippen molar-refractivity contribution in [2.75, 3.05) is 13.1 Å². The quantitative estimate of drug-likeness (QED) is 0.502. The van der Waals surface area contributed by atoms with Gasteiger partial charge in [0.2, 0.25) is 12.3 Å². The van der Waals surface area contributed by atoms with Gasteiger partial charge in [0.25, 0.3) is 0 Å². The van der Waals surface area contributed by atoms with Crippen LogP contribution in [0.15, 0.2) is 24.5 Å². The number of rotatable bonds is 8. The molecule has 0 aromatic carbocycles. The molecule has 0 saturated carbocycles. The highest BCUT2D eigenvalue weighted by Gasteiger charge is 2.01. The van der Waals surface area contributed by atoms with Gasteiger partial charge < -0.3 is 10.6 Å². The van der Waals surface area contributed by atoms with E-state index in [0.717, 1.165) is 12.0 Å². The zero-order valence-corrected chi connectivity index (χ0v) is 9.69. The van der Waals surface area contributed by atoms with Crippen LogP contribution < -0.4 is 10.6 Å². The normalized spacial score (nSPS) is 9.65. The second kappa shape index (κ2) is 8.27. The number of aryl methyl sites for hydroxylation is 1. The summed E-state index contributed by atoms with van der Waals surface area (Å²) in [7, 11) is 0. The Labute approximate surface area is 101 Å². The Morgan fingerprint density at radius 1 is 1.41 bits per heavy atom. The number of aromatic nitrogens is 1. The first-order valence-electron chi connectivity index (χ1n) is 5.65. The number of nitrogens with zero attached hydrogens (tertiary/aromatic N) is 1. The zero-order chi connectivity index (χ0) is 12.3. The minimum absolute atomic E-state index is 0.0277. The van der Waals surface area contributed by atoms with Crippen LogP contribution in [0.4, 0.5) is 0 Å². The molecule has 5 heteroatoms. The van der Waals surface area contributed by atoms with Crippen LogP contribution in [-0.2, 0) is 16.0 Å². The second-order valence-corrected chi connectivity index (χ2v) is 3.64. The number of nitrogens with one attached hydrogen (secondary N) is 2. The molecule has 0 atom stereocenters. The predicted molar refractivity (Wildman–Crippen MR) is 64.3 cm³/mol. The molecule has 0 aliphatic heterocycles. The van der Waals surface area contributed by atoms with E-state index in [0.29, 0.717) is 32.3 Å². The highest BCUT2D eigenvalue weighted by molar-refractivity contribution is 5.76. The van der Waals surface area contributed by atoms with Crippen molar-refractivity contribution < 1.29 is 9.59 Å². The summed E-state index contributed by atoms with van der Waals surface area (Å²) in [6.45, 7) is 1.18. The predicted octanol–water partition coefficient (Wildman–Crippen LogP) is 0.266. The van der Waals surface area contributed by atoms with Crippen LogP contribution >= 0.6 is 0 Å². The van der Waals surface area contributed by atoms with Crippen molar-refractivity contribution >= 4 is 12.3 Å². The molecule has 1 heterocycles. The van der Waals surface area contributed by atoms with Crippen molar-refractivity contribution in [2.24, 2.45) is 0 Å². The summed E-state index contributed by atoms with van der Waals surface area (Å²) in [6.07, 6.45) is 6.05. The van der Waals surface area contributed by atoms with Gasteiger partial charge in [-0.2, -0.15) is 0 Å². The molecule has 0 spiro atoms. The molecule has 0 aliphatic rings. The van der Waals surface area contributed by atoms with E-state index in [-0.39, 0.29) is 5.91 Å². The maximum Gasteiger partial charge on any atom is 0.220 e. The summed E-state index contributed by atoms with van der Waals surface area (Å²) in [4.78, 5) is 25.4. The number of carbonyl (C=O) groups is 2. The maximum atomic E-state index is 11.4. The van der Waals surface area contributed by atoms with E-state index >= 15 is 0 Å². The van der Waals surface area contributed by atoms with Crippen molar-refractivity contribution in [3.05, 3.63) is 30.1 Å². The van der Waals surface area contributed by atoms with E-state index in [4.69, 9.17) is 0 Å². The van der Waals surface area contributed by atoms with Crippen LogP contribution in [0.1, 0.15) is 18.4 Å².